The van der Waals surface area contributed by atoms with Crippen LogP contribution in [0.5, 0.6) is 0 Å². The van der Waals surface area contributed by atoms with Crippen molar-refractivity contribution in [2.45, 2.75) is 19.4 Å². The molecule has 1 fully saturated rings. The number of nitriles is 1. The molecule has 0 saturated carbocycles. The molecule has 0 amide bonds. The summed E-state index contributed by atoms with van der Waals surface area (Å²) in [6.07, 6.45) is 1.08. The van der Waals surface area contributed by atoms with Crippen molar-refractivity contribution in [2.24, 2.45) is 0 Å². The van der Waals surface area contributed by atoms with Crippen LogP contribution in [0.3, 0.4) is 0 Å². The number of nitrogens with one attached hydrogen (secondary N) is 1. The van der Waals surface area contributed by atoms with Gasteiger partial charge in [-0.15, -0.1) is 0 Å². The van der Waals surface area contributed by atoms with Crippen molar-refractivity contribution in [3.63, 3.8) is 0 Å². The molecule has 3 nitrogen and oxygen atoms in total. The second kappa shape index (κ2) is 5.39. The molecule has 1 aromatic carbocycles. The highest BCUT2D eigenvalue weighted by Gasteiger charge is 2.23. The fourth-order valence-corrected chi connectivity index (χ4v) is 2.44. The van der Waals surface area contributed by atoms with Gasteiger partial charge in [0.1, 0.15) is 0 Å². The van der Waals surface area contributed by atoms with Crippen LogP contribution in [-0.4, -0.2) is 25.7 Å². The lowest BCUT2D eigenvalue weighted by molar-refractivity contribution is 0.591. The summed E-state index contributed by atoms with van der Waals surface area (Å²) in [6, 6.07) is 8.54. The van der Waals surface area contributed by atoms with Gasteiger partial charge < -0.3 is 4.90 Å². The van der Waals surface area contributed by atoms with Gasteiger partial charge in [0.15, 0.2) is 0 Å². The zero-order valence-electron chi connectivity index (χ0n) is 9.91. The van der Waals surface area contributed by atoms with Crippen LogP contribution in [0.15, 0.2) is 18.2 Å². The molecule has 1 N–H and O–H groups in total. The van der Waals surface area contributed by atoms with Crippen molar-refractivity contribution >= 4 is 17.3 Å². The molecule has 1 aromatic rings. The number of hydrogen-bond acceptors (Lipinski definition) is 3. The van der Waals surface area contributed by atoms with Crippen LogP contribution in [0, 0.1) is 18.3 Å². The molecular formula is C13H16ClN3. The Balaban J connectivity index is 2.05. The lowest BCUT2D eigenvalue weighted by Gasteiger charge is -2.21. The molecule has 2 rings (SSSR count). The van der Waals surface area contributed by atoms with E-state index in [1.54, 1.807) is 0 Å². The Kier molecular flexibility index (Phi) is 3.88. The van der Waals surface area contributed by atoms with E-state index in [0.717, 1.165) is 30.1 Å². The fourth-order valence-electron chi connectivity index (χ4n) is 2.27. The zero-order valence-corrected chi connectivity index (χ0v) is 10.7. The summed E-state index contributed by atoms with van der Waals surface area (Å²) >= 11 is 6.13. The summed E-state index contributed by atoms with van der Waals surface area (Å²) in [5, 5.41) is 12.6. The Morgan fingerprint density at radius 2 is 2.41 bits per heavy atom. The predicted octanol–water partition coefficient (Wildman–Crippen LogP) is 2.34. The Hall–Kier alpha value is -1.24. The summed E-state index contributed by atoms with van der Waals surface area (Å²) in [6.45, 7) is 4.44. The number of anilines is 1. The van der Waals surface area contributed by atoms with E-state index in [4.69, 9.17) is 16.9 Å². The monoisotopic (exact) mass is 249 g/mol. The first-order valence-corrected chi connectivity index (χ1v) is 6.20. The molecular weight excluding hydrogens is 234 g/mol. The first-order valence-electron chi connectivity index (χ1n) is 5.82. The van der Waals surface area contributed by atoms with Crippen LogP contribution in [-0.2, 0) is 0 Å². The van der Waals surface area contributed by atoms with Gasteiger partial charge in [0, 0.05) is 29.8 Å². The summed E-state index contributed by atoms with van der Waals surface area (Å²) in [5.41, 5.74) is 2.34. The number of hydrogen-bond donors (Lipinski definition) is 1. The second-order valence-electron chi connectivity index (χ2n) is 4.35. The van der Waals surface area contributed by atoms with Gasteiger partial charge in [-0.3, -0.25) is 5.32 Å². The van der Waals surface area contributed by atoms with Gasteiger partial charge in [-0.1, -0.05) is 17.7 Å². The van der Waals surface area contributed by atoms with Gasteiger partial charge >= 0.3 is 0 Å². The largest absolute Gasteiger partial charge is 0.370 e. The predicted molar refractivity (Wildman–Crippen MR) is 70.4 cm³/mol. The fraction of sp³-hybridized carbons (Fsp3) is 0.462. The Labute approximate surface area is 107 Å². The van der Waals surface area contributed by atoms with E-state index in [1.165, 1.54) is 5.69 Å². The van der Waals surface area contributed by atoms with Crippen LogP contribution in [0.1, 0.15) is 12.0 Å². The number of rotatable bonds is 3. The minimum absolute atomic E-state index is 0.410. The van der Waals surface area contributed by atoms with Crippen molar-refractivity contribution in [1.82, 2.24) is 5.32 Å². The van der Waals surface area contributed by atoms with Gasteiger partial charge in [0.25, 0.3) is 0 Å². The van der Waals surface area contributed by atoms with E-state index >= 15 is 0 Å². The van der Waals surface area contributed by atoms with E-state index in [9.17, 15) is 0 Å². The topological polar surface area (TPSA) is 39.1 Å². The molecule has 0 radical (unpaired) electrons. The molecule has 1 saturated heterocycles. The number of halogens is 1. The highest BCUT2D eigenvalue weighted by molar-refractivity contribution is 6.31. The minimum Gasteiger partial charge on any atom is -0.370 e. The molecule has 1 aliphatic rings. The quantitative estimate of drug-likeness (QED) is 0.836. The molecule has 1 aliphatic heterocycles. The van der Waals surface area contributed by atoms with Crippen molar-refractivity contribution in [1.29, 1.82) is 5.26 Å². The molecule has 0 aromatic heterocycles. The Morgan fingerprint density at radius 3 is 3.18 bits per heavy atom. The normalized spacial score (nSPS) is 19.4. The van der Waals surface area contributed by atoms with Gasteiger partial charge in [-0.05, 0) is 31.0 Å². The molecule has 4 heteroatoms. The van der Waals surface area contributed by atoms with Crippen molar-refractivity contribution in [3.8, 4) is 6.07 Å². The van der Waals surface area contributed by atoms with Gasteiger partial charge in [-0.25, -0.2) is 0 Å². The van der Waals surface area contributed by atoms with Crippen LogP contribution in [0.2, 0.25) is 5.02 Å². The molecule has 1 heterocycles. The van der Waals surface area contributed by atoms with Crippen LogP contribution < -0.4 is 10.2 Å². The summed E-state index contributed by atoms with van der Waals surface area (Å²) in [4.78, 5) is 2.33. The smallest absolute Gasteiger partial charge is 0.0843 e. The summed E-state index contributed by atoms with van der Waals surface area (Å²) in [5.74, 6) is 0. The number of nitrogens with zero attached hydrogens (tertiary/aromatic N) is 2. The van der Waals surface area contributed by atoms with Crippen LogP contribution in [0.4, 0.5) is 5.69 Å². The van der Waals surface area contributed by atoms with Crippen LogP contribution in [0.25, 0.3) is 0 Å². The maximum atomic E-state index is 8.55. The second-order valence-corrected chi connectivity index (χ2v) is 4.76. The van der Waals surface area contributed by atoms with E-state index in [0.29, 0.717) is 12.6 Å². The Bertz CT molecular complexity index is 439. The molecule has 0 aliphatic carbocycles. The van der Waals surface area contributed by atoms with Crippen molar-refractivity contribution in [2.75, 3.05) is 24.5 Å². The first-order chi connectivity index (χ1) is 8.22. The van der Waals surface area contributed by atoms with E-state index in [1.807, 2.05) is 19.1 Å². The third-order valence-corrected chi connectivity index (χ3v) is 3.65. The maximum absolute atomic E-state index is 8.55. The summed E-state index contributed by atoms with van der Waals surface area (Å²) in [7, 11) is 0. The molecule has 17 heavy (non-hydrogen) atoms. The molecule has 0 spiro atoms. The highest BCUT2D eigenvalue weighted by atomic mass is 35.5. The van der Waals surface area contributed by atoms with E-state index in [2.05, 4.69) is 22.4 Å². The van der Waals surface area contributed by atoms with Crippen molar-refractivity contribution in [3.05, 3.63) is 28.8 Å². The highest BCUT2D eigenvalue weighted by Crippen LogP contribution is 2.28. The molecule has 0 bridgehead atoms. The van der Waals surface area contributed by atoms with E-state index < -0.39 is 0 Å². The SMILES string of the molecule is Cc1c(Cl)cccc1N1CCC(NCC#N)C1. The third-order valence-electron chi connectivity index (χ3n) is 3.24. The molecule has 1 atom stereocenters. The maximum Gasteiger partial charge on any atom is 0.0843 e. The summed E-state index contributed by atoms with van der Waals surface area (Å²) < 4.78 is 0. The lowest BCUT2D eigenvalue weighted by atomic mass is 10.2. The van der Waals surface area contributed by atoms with Crippen molar-refractivity contribution < 1.29 is 0 Å². The standard InChI is InChI=1S/C13H16ClN3/c1-10-12(14)3-2-4-13(10)17-8-5-11(9-17)16-7-6-15/h2-4,11,16H,5,7-9H2,1H3. The average Bonchev–Trinajstić information content (AvgIpc) is 2.78. The molecule has 1 unspecified atom stereocenters. The zero-order chi connectivity index (χ0) is 12.3. The molecule has 90 valence electrons. The minimum atomic E-state index is 0.410. The van der Waals surface area contributed by atoms with E-state index in [-0.39, 0.29) is 0 Å². The van der Waals surface area contributed by atoms with Gasteiger partial charge in [-0.2, -0.15) is 5.26 Å². The van der Waals surface area contributed by atoms with Gasteiger partial charge in [0.05, 0.1) is 12.6 Å². The van der Waals surface area contributed by atoms with Gasteiger partial charge in [0.2, 0.25) is 0 Å². The lowest BCUT2D eigenvalue weighted by Crippen LogP contribution is -2.32. The van der Waals surface area contributed by atoms with Crippen LogP contribution >= 0.6 is 11.6 Å². The first kappa shape index (κ1) is 12.2. The average molecular weight is 250 g/mol. The Morgan fingerprint density at radius 1 is 1.59 bits per heavy atom. The number of benzene rings is 1. The third kappa shape index (κ3) is 2.71.